The molecule has 216 valence electrons. The maximum atomic E-state index is 13.1. The van der Waals surface area contributed by atoms with Crippen molar-refractivity contribution in [3.05, 3.63) is 60.0 Å². The number of pyridine rings is 1. The standard InChI is InChI=1S/C28H27F3N4O6/c1-16-8-18(4-5-21(16)41-22-6-7-32-20-10-24(38-3)23(37-2)9-19(20)22)33-27(36)26-25(40-15-28(29,30)31)12-35(34-26)11-17-13-39-14-17/h4-10,12,17H,11,13-15H2,1-3H3,(H,33,36). The highest BCUT2D eigenvalue weighted by Gasteiger charge is 2.31. The van der Waals surface area contributed by atoms with Crippen LogP contribution in [0.2, 0.25) is 0 Å². The molecule has 0 saturated carbocycles. The van der Waals surface area contributed by atoms with Gasteiger partial charge in [-0.2, -0.15) is 18.3 Å². The van der Waals surface area contributed by atoms with Gasteiger partial charge in [0.25, 0.3) is 5.91 Å². The Bertz CT molecular complexity index is 1570. The molecular formula is C28H27F3N4O6. The number of nitrogens with zero attached hydrogens (tertiary/aromatic N) is 3. The van der Waals surface area contributed by atoms with Gasteiger partial charge in [0, 0.05) is 35.8 Å². The number of benzene rings is 2. The lowest BCUT2D eigenvalue weighted by Crippen LogP contribution is -2.31. The van der Waals surface area contributed by atoms with Gasteiger partial charge < -0.3 is 29.0 Å². The third-order valence-corrected chi connectivity index (χ3v) is 6.35. The molecule has 1 saturated heterocycles. The number of halogens is 3. The normalized spacial score (nSPS) is 13.5. The second-order valence-electron chi connectivity index (χ2n) is 9.44. The maximum absolute atomic E-state index is 13.1. The van der Waals surface area contributed by atoms with Gasteiger partial charge in [-0.3, -0.25) is 14.5 Å². The van der Waals surface area contributed by atoms with E-state index in [1.54, 1.807) is 56.6 Å². The number of ether oxygens (including phenoxy) is 5. The number of aryl methyl sites for hydroxylation is 1. The largest absolute Gasteiger partial charge is 0.493 e. The lowest BCUT2D eigenvalue weighted by molar-refractivity contribution is -0.153. The number of fused-ring (bicyclic) bond motifs is 1. The summed E-state index contributed by atoms with van der Waals surface area (Å²) in [6, 6.07) is 10.2. The SMILES string of the molecule is COc1cc2nccc(Oc3ccc(NC(=O)c4nn(CC5COC5)cc4OCC(F)(F)F)cc3C)c2cc1OC. The lowest BCUT2D eigenvalue weighted by Gasteiger charge is -2.25. The summed E-state index contributed by atoms with van der Waals surface area (Å²) in [4.78, 5) is 17.4. The van der Waals surface area contributed by atoms with Crippen LogP contribution in [0.5, 0.6) is 28.7 Å². The first-order valence-corrected chi connectivity index (χ1v) is 12.6. The number of hydrogen-bond donors (Lipinski definition) is 1. The second-order valence-corrected chi connectivity index (χ2v) is 9.44. The molecule has 3 heterocycles. The molecule has 41 heavy (non-hydrogen) atoms. The monoisotopic (exact) mass is 572 g/mol. The van der Waals surface area contributed by atoms with Crippen LogP contribution in [0.25, 0.3) is 10.9 Å². The van der Waals surface area contributed by atoms with Crippen LogP contribution in [0.1, 0.15) is 16.1 Å². The van der Waals surface area contributed by atoms with Crippen LogP contribution < -0.4 is 24.3 Å². The molecule has 10 nitrogen and oxygen atoms in total. The third-order valence-electron chi connectivity index (χ3n) is 6.35. The molecule has 13 heteroatoms. The average molecular weight is 573 g/mol. The molecule has 0 radical (unpaired) electrons. The number of carbonyl (C=O) groups excluding carboxylic acids is 1. The Hall–Kier alpha value is -4.52. The zero-order valence-corrected chi connectivity index (χ0v) is 22.4. The number of hydrogen-bond acceptors (Lipinski definition) is 8. The number of methoxy groups -OCH3 is 2. The zero-order valence-electron chi connectivity index (χ0n) is 22.4. The van der Waals surface area contributed by atoms with E-state index in [1.807, 2.05) is 0 Å². The molecule has 1 aliphatic rings. The summed E-state index contributed by atoms with van der Waals surface area (Å²) in [6.07, 6.45) is -1.66. The van der Waals surface area contributed by atoms with E-state index < -0.39 is 18.7 Å². The third kappa shape index (κ3) is 6.46. The molecule has 0 unspecified atom stereocenters. The second kappa shape index (κ2) is 11.5. The summed E-state index contributed by atoms with van der Waals surface area (Å²) < 4.78 is 66.8. The van der Waals surface area contributed by atoms with Crippen LogP contribution in [-0.4, -0.2) is 60.9 Å². The topological polar surface area (TPSA) is 106 Å². The first kappa shape index (κ1) is 28.0. The van der Waals surface area contributed by atoms with E-state index in [2.05, 4.69) is 15.4 Å². The van der Waals surface area contributed by atoms with Gasteiger partial charge in [0.1, 0.15) is 11.5 Å². The van der Waals surface area contributed by atoms with E-state index in [0.717, 1.165) is 0 Å². The first-order chi connectivity index (χ1) is 19.6. The van der Waals surface area contributed by atoms with Gasteiger partial charge in [-0.05, 0) is 42.8 Å². The molecule has 0 bridgehead atoms. The summed E-state index contributed by atoms with van der Waals surface area (Å²) in [5.74, 6) is 1.31. The van der Waals surface area contributed by atoms with Gasteiger partial charge in [-0.15, -0.1) is 0 Å². The minimum atomic E-state index is -4.57. The van der Waals surface area contributed by atoms with Crippen molar-refractivity contribution in [2.75, 3.05) is 39.4 Å². The fourth-order valence-corrected chi connectivity index (χ4v) is 4.26. The van der Waals surface area contributed by atoms with Crippen molar-refractivity contribution in [2.45, 2.75) is 19.6 Å². The van der Waals surface area contributed by atoms with Crippen molar-refractivity contribution in [2.24, 2.45) is 5.92 Å². The molecule has 0 aliphatic carbocycles. The minimum absolute atomic E-state index is 0.164. The van der Waals surface area contributed by atoms with E-state index >= 15 is 0 Å². The molecule has 1 N–H and O–H groups in total. The van der Waals surface area contributed by atoms with Gasteiger partial charge in [0.2, 0.25) is 0 Å². The Labute approximate surface area is 232 Å². The summed E-state index contributed by atoms with van der Waals surface area (Å²) in [5, 5.41) is 7.58. The summed E-state index contributed by atoms with van der Waals surface area (Å²) in [5.41, 5.74) is 1.49. The molecule has 0 atom stereocenters. The fraction of sp³-hybridized carbons (Fsp3) is 0.321. The number of rotatable bonds is 10. The summed E-state index contributed by atoms with van der Waals surface area (Å²) in [7, 11) is 3.08. The highest BCUT2D eigenvalue weighted by Crippen LogP contribution is 2.38. The van der Waals surface area contributed by atoms with Crippen molar-refractivity contribution >= 4 is 22.5 Å². The van der Waals surface area contributed by atoms with E-state index in [1.165, 1.54) is 18.0 Å². The van der Waals surface area contributed by atoms with Gasteiger partial charge in [-0.25, -0.2) is 0 Å². The smallest absolute Gasteiger partial charge is 0.422 e. The quantitative estimate of drug-likeness (QED) is 0.270. The number of aromatic nitrogens is 3. The first-order valence-electron chi connectivity index (χ1n) is 12.6. The van der Waals surface area contributed by atoms with Gasteiger partial charge in [0.05, 0.1) is 39.1 Å². The zero-order chi connectivity index (χ0) is 29.1. The molecule has 4 aromatic rings. The van der Waals surface area contributed by atoms with Crippen LogP contribution in [-0.2, 0) is 11.3 Å². The fourth-order valence-electron chi connectivity index (χ4n) is 4.26. The van der Waals surface area contributed by atoms with Crippen LogP contribution in [0.15, 0.2) is 48.8 Å². The Morgan fingerprint density at radius 2 is 1.80 bits per heavy atom. The molecule has 5 rings (SSSR count). The number of alkyl halides is 3. The predicted octanol–water partition coefficient (Wildman–Crippen LogP) is 5.39. The average Bonchev–Trinajstić information content (AvgIpc) is 3.33. The molecule has 0 spiro atoms. The minimum Gasteiger partial charge on any atom is -0.493 e. The molecule has 1 fully saturated rings. The van der Waals surface area contributed by atoms with E-state index in [-0.39, 0.29) is 17.4 Å². The van der Waals surface area contributed by atoms with E-state index in [9.17, 15) is 18.0 Å². The van der Waals surface area contributed by atoms with Gasteiger partial charge in [-0.1, -0.05) is 0 Å². The molecule has 1 amide bonds. The van der Waals surface area contributed by atoms with Gasteiger partial charge in [0.15, 0.2) is 29.5 Å². The Kier molecular flexibility index (Phi) is 7.88. The van der Waals surface area contributed by atoms with Crippen LogP contribution in [0.4, 0.5) is 18.9 Å². The van der Waals surface area contributed by atoms with E-state index in [0.29, 0.717) is 64.9 Å². The molecule has 1 aliphatic heterocycles. The highest BCUT2D eigenvalue weighted by atomic mass is 19.4. The predicted molar refractivity (Wildman–Crippen MR) is 142 cm³/mol. The number of amides is 1. The number of carbonyl (C=O) groups is 1. The van der Waals surface area contributed by atoms with Crippen molar-refractivity contribution in [3.8, 4) is 28.7 Å². The van der Waals surface area contributed by atoms with E-state index in [4.69, 9.17) is 23.7 Å². The Balaban J connectivity index is 1.34. The number of nitrogens with one attached hydrogen (secondary N) is 1. The van der Waals surface area contributed by atoms with Crippen LogP contribution in [0.3, 0.4) is 0 Å². The van der Waals surface area contributed by atoms with Crippen LogP contribution >= 0.6 is 0 Å². The van der Waals surface area contributed by atoms with Crippen molar-refractivity contribution < 1.29 is 41.7 Å². The van der Waals surface area contributed by atoms with Gasteiger partial charge >= 0.3 is 6.18 Å². The molecular weight excluding hydrogens is 545 g/mol. The number of anilines is 1. The molecule has 2 aromatic heterocycles. The van der Waals surface area contributed by atoms with Crippen molar-refractivity contribution in [1.82, 2.24) is 14.8 Å². The van der Waals surface area contributed by atoms with Crippen LogP contribution in [0, 0.1) is 12.8 Å². The lowest BCUT2D eigenvalue weighted by atomic mass is 10.1. The summed E-state index contributed by atoms with van der Waals surface area (Å²) in [6.45, 7) is 1.68. The summed E-state index contributed by atoms with van der Waals surface area (Å²) >= 11 is 0. The van der Waals surface area contributed by atoms with Crippen molar-refractivity contribution in [1.29, 1.82) is 0 Å². The van der Waals surface area contributed by atoms with Crippen molar-refractivity contribution in [3.63, 3.8) is 0 Å². The maximum Gasteiger partial charge on any atom is 0.422 e. The molecule has 2 aromatic carbocycles. The Morgan fingerprint density at radius 1 is 1.05 bits per heavy atom. The Morgan fingerprint density at radius 3 is 2.46 bits per heavy atom. The highest BCUT2D eigenvalue weighted by molar-refractivity contribution is 6.04.